The van der Waals surface area contributed by atoms with E-state index >= 15 is 0 Å². The number of hydrogen-bond donors (Lipinski definition) is 1. The SMILES string of the molecule is CNCC1(C)CCN(c2ncnc3sc(C)cc23)C1. The van der Waals surface area contributed by atoms with Gasteiger partial charge in [0.05, 0.1) is 5.39 Å². The highest BCUT2D eigenvalue weighted by atomic mass is 32.1. The second kappa shape index (κ2) is 4.72. The van der Waals surface area contributed by atoms with Crippen LogP contribution in [0.1, 0.15) is 18.2 Å². The number of thiophene rings is 1. The molecular weight excluding hydrogens is 256 g/mol. The lowest BCUT2D eigenvalue weighted by atomic mass is 9.90. The first kappa shape index (κ1) is 12.8. The Kier molecular flexibility index (Phi) is 3.19. The number of hydrogen-bond acceptors (Lipinski definition) is 5. The second-order valence-electron chi connectivity index (χ2n) is 5.79. The number of rotatable bonds is 3. The fourth-order valence-corrected chi connectivity index (χ4v) is 3.83. The molecule has 19 heavy (non-hydrogen) atoms. The number of aromatic nitrogens is 2. The molecule has 1 aliphatic heterocycles. The fourth-order valence-electron chi connectivity index (χ4n) is 2.99. The van der Waals surface area contributed by atoms with Gasteiger partial charge in [-0.05, 0) is 31.9 Å². The van der Waals surface area contributed by atoms with Crippen LogP contribution in [0.2, 0.25) is 0 Å². The van der Waals surface area contributed by atoms with Crippen LogP contribution in [0.4, 0.5) is 5.82 Å². The summed E-state index contributed by atoms with van der Waals surface area (Å²) in [5, 5.41) is 4.51. The van der Waals surface area contributed by atoms with Gasteiger partial charge in [0.2, 0.25) is 0 Å². The molecule has 3 heterocycles. The van der Waals surface area contributed by atoms with Crippen LogP contribution in [0.5, 0.6) is 0 Å². The molecule has 0 saturated carbocycles. The van der Waals surface area contributed by atoms with Crippen molar-refractivity contribution in [1.29, 1.82) is 0 Å². The zero-order valence-electron chi connectivity index (χ0n) is 11.7. The molecule has 102 valence electrons. The molecule has 2 aromatic heterocycles. The number of fused-ring (bicyclic) bond motifs is 1. The third kappa shape index (κ3) is 2.32. The van der Waals surface area contributed by atoms with Crippen LogP contribution < -0.4 is 10.2 Å². The fraction of sp³-hybridized carbons (Fsp3) is 0.571. The van der Waals surface area contributed by atoms with E-state index in [-0.39, 0.29) is 0 Å². The van der Waals surface area contributed by atoms with Crippen LogP contribution in [0.15, 0.2) is 12.4 Å². The predicted octanol–water partition coefficient (Wildman–Crippen LogP) is 2.44. The molecule has 2 aromatic rings. The van der Waals surface area contributed by atoms with E-state index in [2.05, 4.69) is 40.1 Å². The lowest BCUT2D eigenvalue weighted by Gasteiger charge is -2.24. The highest BCUT2D eigenvalue weighted by molar-refractivity contribution is 7.18. The second-order valence-corrected chi connectivity index (χ2v) is 7.02. The summed E-state index contributed by atoms with van der Waals surface area (Å²) in [6, 6.07) is 2.21. The number of aryl methyl sites for hydroxylation is 1. The van der Waals surface area contributed by atoms with Gasteiger partial charge in [-0.25, -0.2) is 9.97 Å². The van der Waals surface area contributed by atoms with E-state index < -0.39 is 0 Å². The first-order chi connectivity index (χ1) is 9.11. The average Bonchev–Trinajstić information content (AvgIpc) is 2.91. The Morgan fingerprint density at radius 2 is 2.32 bits per heavy atom. The van der Waals surface area contributed by atoms with Gasteiger partial charge in [-0.2, -0.15) is 0 Å². The van der Waals surface area contributed by atoms with Crippen LogP contribution in [0.25, 0.3) is 10.2 Å². The summed E-state index contributed by atoms with van der Waals surface area (Å²) < 4.78 is 0. The Morgan fingerprint density at radius 3 is 3.11 bits per heavy atom. The minimum atomic E-state index is 0.344. The maximum atomic E-state index is 4.53. The Hall–Kier alpha value is -1.20. The quantitative estimate of drug-likeness (QED) is 0.935. The molecule has 1 aliphatic rings. The molecule has 0 aromatic carbocycles. The van der Waals surface area contributed by atoms with E-state index in [4.69, 9.17) is 0 Å². The van der Waals surface area contributed by atoms with Crippen molar-refractivity contribution in [2.75, 3.05) is 31.6 Å². The van der Waals surface area contributed by atoms with E-state index in [1.54, 1.807) is 17.7 Å². The summed E-state index contributed by atoms with van der Waals surface area (Å²) in [5.74, 6) is 1.11. The summed E-state index contributed by atoms with van der Waals surface area (Å²) >= 11 is 1.75. The van der Waals surface area contributed by atoms with Crippen LogP contribution >= 0.6 is 11.3 Å². The van der Waals surface area contributed by atoms with Crippen LogP contribution in [0, 0.1) is 12.3 Å². The Morgan fingerprint density at radius 1 is 1.47 bits per heavy atom. The maximum absolute atomic E-state index is 4.53. The van der Waals surface area contributed by atoms with Crippen LogP contribution in [-0.2, 0) is 0 Å². The average molecular weight is 276 g/mol. The molecule has 1 unspecified atom stereocenters. The number of anilines is 1. The number of nitrogens with one attached hydrogen (secondary N) is 1. The predicted molar refractivity (Wildman–Crippen MR) is 81.0 cm³/mol. The monoisotopic (exact) mass is 276 g/mol. The van der Waals surface area contributed by atoms with Crippen LogP contribution in [-0.4, -0.2) is 36.6 Å². The molecular formula is C14H20N4S. The Balaban J connectivity index is 1.93. The van der Waals surface area contributed by atoms with Crippen molar-refractivity contribution in [1.82, 2.24) is 15.3 Å². The van der Waals surface area contributed by atoms with Gasteiger partial charge >= 0.3 is 0 Å². The molecule has 0 amide bonds. The highest BCUT2D eigenvalue weighted by Gasteiger charge is 2.34. The molecule has 5 heteroatoms. The molecule has 0 aliphatic carbocycles. The minimum absolute atomic E-state index is 0.344. The normalized spacial score (nSPS) is 23.4. The van der Waals surface area contributed by atoms with E-state index in [0.717, 1.165) is 30.3 Å². The molecule has 1 atom stereocenters. The Bertz CT molecular complexity index is 594. The van der Waals surface area contributed by atoms with Crippen molar-refractivity contribution in [3.8, 4) is 0 Å². The summed E-state index contributed by atoms with van der Waals surface area (Å²) in [5.41, 5.74) is 0.344. The van der Waals surface area contributed by atoms with Crippen molar-refractivity contribution in [2.45, 2.75) is 20.3 Å². The van der Waals surface area contributed by atoms with Crippen molar-refractivity contribution >= 4 is 27.4 Å². The van der Waals surface area contributed by atoms with Gasteiger partial charge in [-0.15, -0.1) is 11.3 Å². The molecule has 1 saturated heterocycles. The summed E-state index contributed by atoms with van der Waals surface area (Å²) in [4.78, 5) is 13.7. The smallest absolute Gasteiger partial charge is 0.140 e. The van der Waals surface area contributed by atoms with Gasteiger partial charge in [0.15, 0.2) is 0 Å². The van der Waals surface area contributed by atoms with Gasteiger partial charge in [0.25, 0.3) is 0 Å². The zero-order valence-corrected chi connectivity index (χ0v) is 12.5. The summed E-state index contributed by atoms with van der Waals surface area (Å²) in [6.07, 6.45) is 2.91. The van der Waals surface area contributed by atoms with E-state index in [1.165, 1.54) is 16.7 Å². The van der Waals surface area contributed by atoms with Gasteiger partial charge in [-0.3, -0.25) is 0 Å². The third-order valence-corrected chi connectivity index (χ3v) is 4.85. The Labute approximate surface area is 117 Å². The third-order valence-electron chi connectivity index (χ3n) is 3.89. The minimum Gasteiger partial charge on any atom is -0.355 e. The highest BCUT2D eigenvalue weighted by Crippen LogP contribution is 2.36. The topological polar surface area (TPSA) is 41.0 Å². The van der Waals surface area contributed by atoms with Crippen molar-refractivity contribution in [3.63, 3.8) is 0 Å². The molecule has 0 bridgehead atoms. The van der Waals surface area contributed by atoms with Crippen molar-refractivity contribution in [2.24, 2.45) is 5.41 Å². The molecule has 1 N–H and O–H groups in total. The largest absolute Gasteiger partial charge is 0.355 e. The maximum Gasteiger partial charge on any atom is 0.140 e. The van der Waals surface area contributed by atoms with Crippen molar-refractivity contribution < 1.29 is 0 Å². The first-order valence-corrected chi connectivity index (χ1v) is 7.54. The van der Waals surface area contributed by atoms with E-state index in [1.807, 2.05) is 7.05 Å². The molecule has 3 rings (SSSR count). The first-order valence-electron chi connectivity index (χ1n) is 6.72. The molecule has 1 fully saturated rings. The summed E-state index contributed by atoms with van der Waals surface area (Å²) in [6.45, 7) is 7.68. The van der Waals surface area contributed by atoms with Crippen molar-refractivity contribution in [3.05, 3.63) is 17.3 Å². The van der Waals surface area contributed by atoms with Gasteiger partial charge in [0, 0.05) is 24.5 Å². The molecule has 0 radical (unpaired) electrons. The standard InChI is InChI=1S/C14H20N4S/c1-10-6-11-12(16-9-17-13(11)19-10)18-5-4-14(2,8-18)7-15-3/h6,9,15H,4-5,7-8H2,1-3H3. The van der Waals surface area contributed by atoms with E-state index in [9.17, 15) is 0 Å². The zero-order chi connectivity index (χ0) is 13.5. The number of nitrogens with zero attached hydrogens (tertiary/aromatic N) is 3. The molecule has 0 spiro atoms. The van der Waals surface area contributed by atoms with Gasteiger partial charge in [-0.1, -0.05) is 6.92 Å². The van der Waals surface area contributed by atoms with E-state index in [0.29, 0.717) is 5.41 Å². The van der Waals surface area contributed by atoms with Gasteiger partial charge in [0.1, 0.15) is 17.0 Å². The van der Waals surface area contributed by atoms with Gasteiger partial charge < -0.3 is 10.2 Å². The lowest BCUT2D eigenvalue weighted by Crippen LogP contribution is -2.33. The lowest BCUT2D eigenvalue weighted by molar-refractivity contribution is 0.356. The summed E-state index contributed by atoms with van der Waals surface area (Å²) in [7, 11) is 2.03. The van der Waals surface area contributed by atoms with Crippen LogP contribution in [0.3, 0.4) is 0 Å². The molecule has 4 nitrogen and oxygen atoms in total.